The van der Waals surface area contributed by atoms with Crippen LogP contribution in [0.1, 0.15) is 17.5 Å². The minimum atomic E-state index is 0.942. The van der Waals surface area contributed by atoms with Crippen LogP contribution in [0.2, 0.25) is 0 Å². The predicted molar refractivity (Wildman–Crippen MR) is 62.9 cm³/mol. The summed E-state index contributed by atoms with van der Waals surface area (Å²) in [5, 5.41) is 3.38. The predicted octanol–water partition coefficient (Wildman–Crippen LogP) is 3.04. The van der Waals surface area contributed by atoms with Crippen molar-refractivity contribution in [2.24, 2.45) is 0 Å². The standard InChI is InChI=1S/C11H17NS/c1-9-6-10(2)8-11(7-9)12-4-3-5-13/h6-8,12-13H,3-5H2,1-2H3. The molecule has 2 heteroatoms. The molecule has 0 aliphatic carbocycles. The normalized spacial score (nSPS) is 10.1. The maximum absolute atomic E-state index is 4.17. The molecule has 0 fully saturated rings. The van der Waals surface area contributed by atoms with Gasteiger partial charge in [0.2, 0.25) is 0 Å². The van der Waals surface area contributed by atoms with Crippen LogP contribution in [0.4, 0.5) is 5.69 Å². The zero-order valence-electron chi connectivity index (χ0n) is 8.30. The molecule has 13 heavy (non-hydrogen) atoms. The number of aryl methyl sites for hydroxylation is 2. The van der Waals surface area contributed by atoms with Crippen LogP contribution in [0.25, 0.3) is 0 Å². The summed E-state index contributed by atoms with van der Waals surface area (Å²) < 4.78 is 0. The second kappa shape index (κ2) is 5.18. The molecule has 0 unspecified atom stereocenters. The Bertz CT molecular complexity index is 251. The second-order valence-corrected chi connectivity index (χ2v) is 3.83. The van der Waals surface area contributed by atoms with Crippen molar-refractivity contribution in [2.75, 3.05) is 17.6 Å². The van der Waals surface area contributed by atoms with E-state index in [4.69, 9.17) is 0 Å². The molecule has 72 valence electrons. The summed E-state index contributed by atoms with van der Waals surface area (Å²) in [6.45, 7) is 5.25. The van der Waals surface area contributed by atoms with Crippen molar-refractivity contribution in [3.63, 3.8) is 0 Å². The Morgan fingerprint density at radius 2 is 1.77 bits per heavy atom. The molecule has 1 rings (SSSR count). The largest absolute Gasteiger partial charge is 0.385 e. The van der Waals surface area contributed by atoms with Crippen LogP contribution in [0.5, 0.6) is 0 Å². The highest BCUT2D eigenvalue weighted by atomic mass is 32.1. The fraction of sp³-hybridized carbons (Fsp3) is 0.455. The highest BCUT2D eigenvalue weighted by Crippen LogP contribution is 2.13. The number of benzene rings is 1. The second-order valence-electron chi connectivity index (χ2n) is 3.38. The zero-order valence-corrected chi connectivity index (χ0v) is 9.20. The fourth-order valence-electron chi connectivity index (χ4n) is 1.39. The van der Waals surface area contributed by atoms with Crippen molar-refractivity contribution in [3.8, 4) is 0 Å². The van der Waals surface area contributed by atoms with Crippen molar-refractivity contribution in [2.45, 2.75) is 20.3 Å². The van der Waals surface area contributed by atoms with E-state index in [1.165, 1.54) is 16.8 Å². The number of hydrogen-bond donors (Lipinski definition) is 2. The van der Waals surface area contributed by atoms with Gasteiger partial charge < -0.3 is 5.32 Å². The third-order valence-electron chi connectivity index (χ3n) is 1.89. The molecule has 0 spiro atoms. The van der Waals surface area contributed by atoms with Crippen LogP contribution in [-0.2, 0) is 0 Å². The maximum Gasteiger partial charge on any atom is 0.0345 e. The van der Waals surface area contributed by atoms with Crippen LogP contribution in [0.15, 0.2) is 18.2 Å². The lowest BCUT2D eigenvalue weighted by Crippen LogP contribution is -2.02. The smallest absolute Gasteiger partial charge is 0.0345 e. The van der Waals surface area contributed by atoms with E-state index in [1.54, 1.807) is 0 Å². The first-order valence-corrected chi connectivity index (χ1v) is 5.28. The average molecular weight is 195 g/mol. The molecule has 0 amide bonds. The number of rotatable bonds is 4. The fourth-order valence-corrected chi connectivity index (χ4v) is 1.55. The highest BCUT2D eigenvalue weighted by Gasteiger charge is 1.93. The van der Waals surface area contributed by atoms with Gasteiger partial charge in [-0.2, -0.15) is 12.6 Å². The minimum Gasteiger partial charge on any atom is -0.385 e. The van der Waals surface area contributed by atoms with Crippen molar-refractivity contribution in [1.29, 1.82) is 0 Å². The van der Waals surface area contributed by atoms with Gasteiger partial charge in [0, 0.05) is 12.2 Å². The van der Waals surface area contributed by atoms with Crippen molar-refractivity contribution in [3.05, 3.63) is 29.3 Å². The van der Waals surface area contributed by atoms with Crippen LogP contribution in [0.3, 0.4) is 0 Å². The van der Waals surface area contributed by atoms with Crippen molar-refractivity contribution in [1.82, 2.24) is 0 Å². The van der Waals surface area contributed by atoms with E-state index in [-0.39, 0.29) is 0 Å². The Hall–Kier alpha value is -0.630. The third kappa shape index (κ3) is 3.73. The molecule has 0 saturated carbocycles. The lowest BCUT2D eigenvalue weighted by molar-refractivity contribution is 0.994. The van der Waals surface area contributed by atoms with Gasteiger partial charge in [-0.25, -0.2) is 0 Å². The maximum atomic E-state index is 4.17. The van der Waals surface area contributed by atoms with E-state index < -0.39 is 0 Å². The molecule has 1 aromatic carbocycles. The van der Waals surface area contributed by atoms with Gasteiger partial charge in [-0.3, -0.25) is 0 Å². The van der Waals surface area contributed by atoms with Gasteiger partial charge in [0.15, 0.2) is 0 Å². The van der Waals surface area contributed by atoms with Gasteiger partial charge in [-0.15, -0.1) is 0 Å². The molecule has 1 nitrogen and oxygen atoms in total. The molecule has 0 saturated heterocycles. The summed E-state index contributed by atoms with van der Waals surface area (Å²) in [4.78, 5) is 0. The number of anilines is 1. The first-order chi connectivity index (χ1) is 6.22. The SMILES string of the molecule is Cc1cc(C)cc(NCCCS)c1. The Labute approximate surface area is 86.0 Å². The molecular weight excluding hydrogens is 178 g/mol. The average Bonchev–Trinajstić information content (AvgIpc) is 2.03. The zero-order chi connectivity index (χ0) is 9.68. The van der Waals surface area contributed by atoms with Crippen LogP contribution in [0, 0.1) is 13.8 Å². The highest BCUT2D eigenvalue weighted by molar-refractivity contribution is 7.80. The quantitative estimate of drug-likeness (QED) is 0.556. The van der Waals surface area contributed by atoms with E-state index in [9.17, 15) is 0 Å². The van der Waals surface area contributed by atoms with Crippen LogP contribution >= 0.6 is 12.6 Å². The molecule has 0 heterocycles. The molecule has 1 N–H and O–H groups in total. The van der Waals surface area contributed by atoms with Crippen LogP contribution in [-0.4, -0.2) is 12.3 Å². The summed E-state index contributed by atoms with van der Waals surface area (Å²) in [5.74, 6) is 0.942. The summed E-state index contributed by atoms with van der Waals surface area (Å²) in [7, 11) is 0. The minimum absolute atomic E-state index is 0.942. The summed E-state index contributed by atoms with van der Waals surface area (Å²) in [6, 6.07) is 6.53. The van der Waals surface area contributed by atoms with Gasteiger partial charge >= 0.3 is 0 Å². The molecule has 0 bridgehead atoms. The van der Waals surface area contributed by atoms with E-state index >= 15 is 0 Å². The lowest BCUT2D eigenvalue weighted by atomic mass is 10.1. The van der Waals surface area contributed by atoms with Gasteiger partial charge in [-0.1, -0.05) is 6.07 Å². The Morgan fingerprint density at radius 1 is 1.15 bits per heavy atom. The van der Waals surface area contributed by atoms with Crippen LogP contribution < -0.4 is 5.32 Å². The van der Waals surface area contributed by atoms with Gasteiger partial charge in [-0.05, 0) is 49.3 Å². The number of thiol groups is 1. The van der Waals surface area contributed by atoms with Gasteiger partial charge in [0.1, 0.15) is 0 Å². The lowest BCUT2D eigenvalue weighted by Gasteiger charge is -2.07. The monoisotopic (exact) mass is 195 g/mol. The summed E-state index contributed by atoms with van der Waals surface area (Å²) in [6.07, 6.45) is 1.11. The Balaban J connectivity index is 2.56. The van der Waals surface area contributed by atoms with E-state index in [0.717, 1.165) is 18.7 Å². The molecule has 1 aromatic rings. The van der Waals surface area contributed by atoms with E-state index in [1.807, 2.05) is 0 Å². The molecule has 0 atom stereocenters. The Morgan fingerprint density at radius 3 is 2.31 bits per heavy atom. The molecule has 0 aliphatic rings. The number of hydrogen-bond acceptors (Lipinski definition) is 2. The first-order valence-electron chi connectivity index (χ1n) is 4.65. The molecule has 0 aromatic heterocycles. The van der Waals surface area contributed by atoms with E-state index in [2.05, 4.69) is 50.0 Å². The molecular formula is C11H17NS. The Kier molecular flexibility index (Phi) is 4.16. The topological polar surface area (TPSA) is 12.0 Å². The number of nitrogens with one attached hydrogen (secondary N) is 1. The van der Waals surface area contributed by atoms with Gasteiger partial charge in [0.05, 0.1) is 0 Å². The first kappa shape index (κ1) is 10.5. The molecule has 0 aliphatic heterocycles. The molecule has 0 radical (unpaired) electrons. The van der Waals surface area contributed by atoms with Crippen molar-refractivity contribution >= 4 is 18.3 Å². The summed E-state index contributed by atoms with van der Waals surface area (Å²) >= 11 is 4.17. The van der Waals surface area contributed by atoms with Crippen molar-refractivity contribution < 1.29 is 0 Å². The van der Waals surface area contributed by atoms with Gasteiger partial charge in [0.25, 0.3) is 0 Å². The third-order valence-corrected chi connectivity index (χ3v) is 2.20. The van der Waals surface area contributed by atoms with E-state index in [0.29, 0.717) is 0 Å². The summed E-state index contributed by atoms with van der Waals surface area (Å²) in [5.41, 5.74) is 3.85.